The minimum absolute atomic E-state index is 0.0946. The molecule has 0 bridgehead atoms. The Morgan fingerprint density at radius 2 is 2.14 bits per heavy atom. The second-order valence-corrected chi connectivity index (χ2v) is 6.77. The van der Waals surface area contributed by atoms with Gasteiger partial charge in [-0.25, -0.2) is 4.79 Å². The van der Waals surface area contributed by atoms with Crippen molar-refractivity contribution in [3.05, 3.63) is 0 Å². The number of ether oxygens (including phenoxy) is 2. The van der Waals surface area contributed by atoms with E-state index < -0.39 is 12.0 Å². The minimum atomic E-state index is -0.990. The third kappa shape index (κ3) is 4.86. The Kier molecular flexibility index (Phi) is 5.89. The third-order valence-corrected chi connectivity index (χ3v) is 4.94. The summed E-state index contributed by atoms with van der Waals surface area (Å²) in [6.45, 7) is 1.95. The van der Waals surface area contributed by atoms with Gasteiger partial charge >= 0.3 is 5.97 Å². The Morgan fingerprint density at radius 3 is 2.76 bits per heavy atom. The maximum Gasteiger partial charge on any atom is 0.326 e. The summed E-state index contributed by atoms with van der Waals surface area (Å²) in [6.07, 6.45) is 4.80. The SMILES string of the molecule is CC(=O)NC(CCSCC1COC2(CCCC2)O1)C(=O)O. The first kappa shape index (κ1) is 16.6. The summed E-state index contributed by atoms with van der Waals surface area (Å²) in [7, 11) is 0. The second-order valence-electron chi connectivity index (χ2n) is 5.62. The van der Waals surface area contributed by atoms with E-state index in [0.717, 1.165) is 31.4 Å². The van der Waals surface area contributed by atoms with E-state index in [1.54, 1.807) is 11.8 Å². The Labute approximate surface area is 128 Å². The van der Waals surface area contributed by atoms with Crippen LogP contribution in [0.1, 0.15) is 39.0 Å². The first-order valence-electron chi connectivity index (χ1n) is 7.40. The van der Waals surface area contributed by atoms with Gasteiger partial charge in [-0.1, -0.05) is 0 Å². The van der Waals surface area contributed by atoms with Gasteiger partial charge in [0, 0.05) is 25.5 Å². The number of carbonyl (C=O) groups excluding carboxylic acids is 1. The molecule has 2 rings (SSSR count). The first-order chi connectivity index (χ1) is 10.0. The number of hydrogen-bond acceptors (Lipinski definition) is 5. The minimum Gasteiger partial charge on any atom is -0.480 e. The Morgan fingerprint density at radius 1 is 1.43 bits per heavy atom. The molecule has 1 aliphatic carbocycles. The van der Waals surface area contributed by atoms with E-state index in [9.17, 15) is 9.59 Å². The second kappa shape index (κ2) is 7.47. The molecule has 2 aliphatic rings. The van der Waals surface area contributed by atoms with Crippen molar-refractivity contribution in [3.8, 4) is 0 Å². The maximum absolute atomic E-state index is 11.0. The van der Waals surface area contributed by atoms with Gasteiger partial charge in [-0.3, -0.25) is 4.79 Å². The first-order valence-corrected chi connectivity index (χ1v) is 8.56. The monoisotopic (exact) mass is 317 g/mol. The molecule has 120 valence electrons. The van der Waals surface area contributed by atoms with Crippen LogP contribution in [0.25, 0.3) is 0 Å². The van der Waals surface area contributed by atoms with E-state index in [-0.39, 0.29) is 17.8 Å². The molecular formula is C14H23NO5S. The van der Waals surface area contributed by atoms with Crippen molar-refractivity contribution in [1.82, 2.24) is 5.32 Å². The fourth-order valence-electron chi connectivity index (χ4n) is 2.79. The van der Waals surface area contributed by atoms with E-state index >= 15 is 0 Å². The number of hydrogen-bond donors (Lipinski definition) is 2. The number of carboxylic acid groups (broad SMARTS) is 1. The summed E-state index contributed by atoms with van der Waals surface area (Å²) in [6, 6.07) is -0.808. The number of carbonyl (C=O) groups is 2. The highest BCUT2D eigenvalue weighted by atomic mass is 32.2. The van der Waals surface area contributed by atoms with Crippen LogP contribution >= 0.6 is 11.8 Å². The highest BCUT2D eigenvalue weighted by Crippen LogP contribution is 2.39. The molecule has 21 heavy (non-hydrogen) atoms. The van der Waals surface area contributed by atoms with Crippen molar-refractivity contribution in [2.45, 2.75) is 57.0 Å². The molecule has 0 aromatic rings. The Bertz CT molecular complexity index is 384. The average Bonchev–Trinajstić information content (AvgIpc) is 3.03. The topological polar surface area (TPSA) is 84.9 Å². The molecule has 1 spiro atoms. The normalized spacial score (nSPS) is 25.1. The van der Waals surface area contributed by atoms with Crippen molar-refractivity contribution >= 4 is 23.6 Å². The molecule has 1 saturated carbocycles. The van der Waals surface area contributed by atoms with Gasteiger partial charge in [-0.05, 0) is 25.0 Å². The molecule has 2 unspecified atom stereocenters. The van der Waals surface area contributed by atoms with Crippen LogP contribution in [0.15, 0.2) is 0 Å². The largest absolute Gasteiger partial charge is 0.480 e. The smallest absolute Gasteiger partial charge is 0.326 e. The molecule has 7 heteroatoms. The molecule has 1 saturated heterocycles. The maximum atomic E-state index is 11.0. The summed E-state index contributed by atoms with van der Waals surface area (Å²) >= 11 is 1.65. The van der Waals surface area contributed by atoms with Crippen molar-refractivity contribution < 1.29 is 24.2 Å². The van der Waals surface area contributed by atoms with Gasteiger partial charge < -0.3 is 19.9 Å². The number of nitrogens with one attached hydrogen (secondary N) is 1. The fourth-order valence-corrected chi connectivity index (χ4v) is 3.79. The molecule has 0 aromatic heterocycles. The van der Waals surface area contributed by atoms with E-state index in [0.29, 0.717) is 18.8 Å². The summed E-state index contributed by atoms with van der Waals surface area (Å²) in [4.78, 5) is 21.9. The average molecular weight is 317 g/mol. The van der Waals surface area contributed by atoms with Gasteiger partial charge in [0.25, 0.3) is 0 Å². The van der Waals surface area contributed by atoms with Crippen LogP contribution in [-0.2, 0) is 19.1 Å². The van der Waals surface area contributed by atoms with Crippen LogP contribution in [-0.4, -0.2) is 53.0 Å². The zero-order chi connectivity index (χ0) is 15.3. The molecule has 6 nitrogen and oxygen atoms in total. The van der Waals surface area contributed by atoms with Gasteiger partial charge in [0.15, 0.2) is 5.79 Å². The van der Waals surface area contributed by atoms with Crippen LogP contribution < -0.4 is 5.32 Å². The van der Waals surface area contributed by atoms with Crippen LogP contribution in [0.5, 0.6) is 0 Å². The van der Waals surface area contributed by atoms with Gasteiger partial charge in [0.2, 0.25) is 5.91 Å². The highest BCUT2D eigenvalue weighted by Gasteiger charge is 2.43. The van der Waals surface area contributed by atoms with Crippen LogP contribution in [0, 0.1) is 0 Å². The fraction of sp³-hybridized carbons (Fsp3) is 0.857. The van der Waals surface area contributed by atoms with Gasteiger partial charge in [-0.15, -0.1) is 0 Å². The van der Waals surface area contributed by atoms with E-state index in [2.05, 4.69) is 5.32 Å². The molecule has 0 radical (unpaired) electrons. The quantitative estimate of drug-likeness (QED) is 0.690. The molecule has 2 fully saturated rings. The number of thioether (sulfide) groups is 1. The Hall–Kier alpha value is -0.790. The molecule has 2 atom stereocenters. The van der Waals surface area contributed by atoms with E-state index in [1.165, 1.54) is 6.92 Å². The van der Waals surface area contributed by atoms with Gasteiger partial charge in [0.05, 0.1) is 12.7 Å². The standard InChI is InChI=1S/C14H23NO5S/c1-10(16)15-12(13(17)18)4-7-21-9-11-8-19-14(20-11)5-2-3-6-14/h11-12H,2-9H2,1H3,(H,15,16)(H,17,18). The number of amides is 1. The zero-order valence-corrected chi connectivity index (χ0v) is 13.1. The molecule has 0 aromatic carbocycles. The van der Waals surface area contributed by atoms with E-state index in [4.69, 9.17) is 14.6 Å². The molecular weight excluding hydrogens is 294 g/mol. The molecule has 1 aliphatic heterocycles. The lowest BCUT2D eigenvalue weighted by molar-refractivity contribution is -0.159. The van der Waals surface area contributed by atoms with Crippen LogP contribution in [0.3, 0.4) is 0 Å². The zero-order valence-electron chi connectivity index (χ0n) is 12.3. The van der Waals surface area contributed by atoms with Crippen molar-refractivity contribution in [2.24, 2.45) is 0 Å². The van der Waals surface area contributed by atoms with Gasteiger partial charge in [-0.2, -0.15) is 11.8 Å². The van der Waals surface area contributed by atoms with Crippen molar-refractivity contribution in [3.63, 3.8) is 0 Å². The third-order valence-electron chi connectivity index (χ3n) is 3.81. The summed E-state index contributed by atoms with van der Waals surface area (Å²) in [5.41, 5.74) is 0. The van der Waals surface area contributed by atoms with Crippen molar-refractivity contribution in [2.75, 3.05) is 18.1 Å². The number of aliphatic carboxylic acids is 1. The Balaban J connectivity index is 1.63. The van der Waals surface area contributed by atoms with E-state index in [1.807, 2.05) is 0 Å². The predicted octanol–water partition coefficient (Wildman–Crippen LogP) is 1.38. The lowest BCUT2D eigenvalue weighted by Gasteiger charge is -2.21. The van der Waals surface area contributed by atoms with Crippen LogP contribution in [0.2, 0.25) is 0 Å². The number of carboxylic acids is 1. The lowest BCUT2D eigenvalue weighted by atomic mass is 10.2. The highest BCUT2D eigenvalue weighted by molar-refractivity contribution is 7.99. The van der Waals surface area contributed by atoms with Gasteiger partial charge in [0.1, 0.15) is 6.04 Å². The summed E-state index contributed by atoms with van der Waals surface area (Å²) in [5, 5.41) is 11.4. The molecule has 1 heterocycles. The number of rotatable bonds is 7. The summed E-state index contributed by atoms with van der Waals surface area (Å²) in [5.74, 6) is -0.164. The lowest BCUT2D eigenvalue weighted by Crippen LogP contribution is -2.40. The molecule has 2 N–H and O–H groups in total. The summed E-state index contributed by atoms with van der Waals surface area (Å²) < 4.78 is 11.8. The van der Waals surface area contributed by atoms with Crippen LogP contribution in [0.4, 0.5) is 0 Å². The molecule has 1 amide bonds. The van der Waals surface area contributed by atoms with Crippen molar-refractivity contribution in [1.29, 1.82) is 0 Å². The predicted molar refractivity (Wildman–Crippen MR) is 79.2 cm³/mol.